The summed E-state index contributed by atoms with van der Waals surface area (Å²) in [6.45, 7) is 0.838. The van der Waals surface area contributed by atoms with Crippen molar-refractivity contribution in [3.63, 3.8) is 0 Å². The van der Waals surface area contributed by atoms with Gasteiger partial charge >= 0.3 is 0 Å². The van der Waals surface area contributed by atoms with E-state index in [4.69, 9.17) is 10.1 Å². The lowest BCUT2D eigenvalue weighted by Crippen LogP contribution is -2.22. The highest BCUT2D eigenvalue weighted by Crippen LogP contribution is 2.40. The SMILES string of the molecule is COC(=N)CCCC(=O)C1CN(C)C2=C1CC(Br)CC2. The number of carbonyl (C=O) groups is 1. The minimum atomic E-state index is 0.0760. The maximum atomic E-state index is 12.4. The first kappa shape index (κ1) is 15.5. The summed E-state index contributed by atoms with van der Waals surface area (Å²) < 4.78 is 4.82. The third-order valence-corrected chi connectivity index (χ3v) is 5.09. The number of carbonyl (C=O) groups excluding carboxylic acids is 1. The first-order valence-electron chi connectivity index (χ1n) is 7.24. The number of allylic oxidation sites excluding steroid dienone is 1. The Balaban J connectivity index is 1.93. The summed E-state index contributed by atoms with van der Waals surface area (Å²) in [7, 11) is 3.60. The highest BCUT2D eigenvalue weighted by Gasteiger charge is 2.36. The summed E-state index contributed by atoms with van der Waals surface area (Å²) in [6.07, 6.45) is 5.07. The molecule has 2 rings (SSSR count). The van der Waals surface area contributed by atoms with E-state index in [-0.39, 0.29) is 11.8 Å². The summed E-state index contributed by atoms with van der Waals surface area (Å²) in [4.78, 5) is 15.2. The fourth-order valence-electron chi connectivity index (χ4n) is 3.18. The fourth-order valence-corrected chi connectivity index (χ4v) is 3.76. The van der Waals surface area contributed by atoms with Gasteiger partial charge in [0.15, 0.2) is 5.90 Å². The van der Waals surface area contributed by atoms with Crippen LogP contribution >= 0.6 is 15.9 Å². The second kappa shape index (κ2) is 6.74. The Kier molecular flexibility index (Phi) is 5.24. The van der Waals surface area contributed by atoms with Gasteiger partial charge in [-0.3, -0.25) is 10.2 Å². The number of alkyl halides is 1. The molecule has 0 aromatic heterocycles. The van der Waals surface area contributed by atoms with Gasteiger partial charge in [-0.25, -0.2) is 0 Å². The van der Waals surface area contributed by atoms with Crippen LogP contribution in [0, 0.1) is 11.3 Å². The highest BCUT2D eigenvalue weighted by atomic mass is 79.9. The molecule has 0 saturated carbocycles. The van der Waals surface area contributed by atoms with Crippen LogP contribution in [0.2, 0.25) is 0 Å². The number of ketones is 1. The molecule has 0 spiro atoms. The first-order chi connectivity index (χ1) is 9.52. The molecule has 1 aliphatic carbocycles. The number of halogens is 1. The molecule has 1 aliphatic heterocycles. The van der Waals surface area contributed by atoms with Crippen molar-refractivity contribution < 1.29 is 9.53 Å². The van der Waals surface area contributed by atoms with Gasteiger partial charge in [-0.05, 0) is 31.3 Å². The average Bonchev–Trinajstić information content (AvgIpc) is 2.75. The standard InChI is InChI=1S/C15H23BrN2O2/c1-18-9-12(11-8-10(16)6-7-13(11)18)14(19)4-3-5-15(17)20-2/h10,12,17H,3-9H2,1-2H3. The van der Waals surface area contributed by atoms with Gasteiger partial charge in [0.2, 0.25) is 0 Å². The number of hydrogen-bond donors (Lipinski definition) is 1. The second-order valence-electron chi connectivity index (χ2n) is 5.69. The van der Waals surface area contributed by atoms with E-state index in [2.05, 4.69) is 27.9 Å². The van der Waals surface area contributed by atoms with E-state index >= 15 is 0 Å². The van der Waals surface area contributed by atoms with Crippen LogP contribution in [0.1, 0.15) is 38.5 Å². The van der Waals surface area contributed by atoms with Crippen molar-refractivity contribution in [2.24, 2.45) is 5.92 Å². The average molecular weight is 343 g/mol. The molecule has 1 N–H and O–H groups in total. The Morgan fingerprint density at radius 3 is 2.95 bits per heavy atom. The van der Waals surface area contributed by atoms with Gasteiger partial charge in [-0.2, -0.15) is 0 Å². The van der Waals surface area contributed by atoms with Crippen LogP contribution < -0.4 is 0 Å². The van der Waals surface area contributed by atoms with Crippen molar-refractivity contribution >= 4 is 27.6 Å². The van der Waals surface area contributed by atoms with Crippen molar-refractivity contribution in [1.29, 1.82) is 5.41 Å². The lowest BCUT2D eigenvalue weighted by atomic mass is 9.86. The largest absolute Gasteiger partial charge is 0.484 e. The van der Waals surface area contributed by atoms with Crippen LogP contribution in [-0.2, 0) is 9.53 Å². The molecule has 0 bridgehead atoms. The molecule has 0 radical (unpaired) electrons. The van der Waals surface area contributed by atoms with Crippen LogP contribution in [0.3, 0.4) is 0 Å². The predicted octanol–water partition coefficient (Wildman–Crippen LogP) is 3.11. The molecule has 20 heavy (non-hydrogen) atoms. The molecule has 5 heteroatoms. The molecule has 0 aromatic rings. The van der Waals surface area contributed by atoms with Gasteiger partial charge in [0.1, 0.15) is 5.78 Å². The van der Waals surface area contributed by atoms with E-state index < -0.39 is 0 Å². The van der Waals surface area contributed by atoms with Gasteiger partial charge in [-0.15, -0.1) is 0 Å². The van der Waals surface area contributed by atoms with Gasteiger partial charge in [0.25, 0.3) is 0 Å². The molecular formula is C15H23BrN2O2. The van der Waals surface area contributed by atoms with Crippen LogP contribution in [0.25, 0.3) is 0 Å². The number of rotatable bonds is 5. The summed E-state index contributed by atoms with van der Waals surface area (Å²) >= 11 is 3.69. The van der Waals surface area contributed by atoms with Crippen LogP contribution in [0.5, 0.6) is 0 Å². The molecule has 1 heterocycles. The third-order valence-electron chi connectivity index (χ3n) is 4.31. The molecule has 112 valence electrons. The molecule has 2 atom stereocenters. The van der Waals surface area contributed by atoms with Crippen molar-refractivity contribution in [3.05, 3.63) is 11.3 Å². The third kappa shape index (κ3) is 3.43. The Bertz CT molecular complexity index is 434. The van der Waals surface area contributed by atoms with Crippen LogP contribution in [0.4, 0.5) is 0 Å². The number of nitrogens with one attached hydrogen (secondary N) is 1. The molecule has 0 saturated heterocycles. The van der Waals surface area contributed by atoms with Gasteiger partial charge in [0, 0.05) is 37.0 Å². The smallest absolute Gasteiger partial charge is 0.180 e. The monoisotopic (exact) mass is 342 g/mol. The molecule has 2 unspecified atom stereocenters. The zero-order valence-electron chi connectivity index (χ0n) is 12.2. The lowest BCUT2D eigenvalue weighted by Gasteiger charge is -2.23. The minimum Gasteiger partial charge on any atom is -0.484 e. The fraction of sp³-hybridized carbons (Fsp3) is 0.733. The van der Waals surface area contributed by atoms with E-state index in [0.717, 1.165) is 25.8 Å². The van der Waals surface area contributed by atoms with Gasteiger partial charge < -0.3 is 9.64 Å². The molecule has 0 amide bonds. The minimum absolute atomic E-state index is 0.0760. The Morgan fingerprint density at radius 2 is 2.25 bits per heavy atom. The van der Waals surface area contributed by atoms with Crippen LogP contribution in [-0.4, -0.2) is 42.1 Å². The molecule has 0 aromatic carbocycles. The molecule has 0 fully saturated rings. The van der Waals surface area contributed by atoms with E-state index in [1.165, 1.54) is 18.4 Å². The Hall–Kier alpha value is -0.840. The maximum Gasteiger partial charge on any atom is 0.180 e. The van der Waals surface area contributed by atoms with Crippen LogP contribution in [0.15, 0.2) is 11.3 Å². The number of hydrogen-bond acceptors (Lipinski definition) is 4. The first-order valence-corrected chi connectivity index (χ1v) is 8.15. The normalized spacial score (nSPS) is 25.6. The zero-order chi connectivity index (χ0) is 14.7. The molecular weight excluding hydrogens is 320 g/mol. The number of ether oxygens (including phenoxy) is 1. The van der Waals surface area contributed by atoms with Crippen molar-refractivity contribution in [2.75, 3.05) is 20.7 Å². The number of methoxy groups -OCH3 is 1. The van der Waals surface area contributed by atoms with Gasteiger partial charge in [-0.1, -0.05) is 15.9 Å². The highest BCUT2D eigenvalue weighted by molar-refractivity contribution is 9.09. The molecule has 4 nitrogen and oxygen atoms in total. The number of Topliss-reactive ketones (excluding diaryl/α,β-unsaturated/α-hetero) is 1. The summed E-state index contributed by atoms with van der Waals surface area (Å²) in [5.74, 6) is 0.666. The van der Waals surface area contributed by atoms with Crippen molar-refractivity contribution in [2.45, 2.75) is 43.4 Å². The van der Waals surface area contributed by atoms with E-state index in [1.54, 1.807) is 0 Å². The summed E-state index contributed by atoms with van der Waals surface area (Å²) in [6, 6.07) is 0. The van der Waals surface area contributed by atoms with Crippen molar-refractivity contribution in [1.82, 2.24) is 4.90 Å². The van der Waals surface area contributed by atoms with E-state index in [9.17, 15) is 4.79 Å². The topological polar surface area (TPSA) is 53.4 Å². The second-order valence-corrected chi connectivity index (χ2v) is 6.99. The predicted molar refractivity (Wildman–Crippen MR) is 83.3 cm³/mol. The Labute approximate surface area is 129 Å². The summed E-state index contributed by atoms with van der Waals surface area (Å²) in [5, 5.41) is 7.44. The van der Waals surface area contributed by atoms with E-state index in [0.29, 0.717) is 29.9 Å². The van der Waals surface area contributed by atoms with Gasteiger partial charge in [0.05, 0.1) is 13.0 Å². The lowest BCUT2D eigenvalue weighted by molar-refractivity contribution is -0.121. The van der Waals surface area contributed by atoms with Crippen molar-refractivity contribution in [3.8, 4) is 0 Å². The van der Waals surface area contributed by atoms with E-state index in [1.807, 2.05) is 0 Å². The Morgan fingerprint density at radius 1 is 1.50 bits per heavy atom. The maximum absolute atomic E-state index is 12.4. The number of nitrogens with zero attached hydrogens (tertiary/aromatic N) is 1. The zero-order valence-corrected chi connectivity index (χ0v) is 13.8. The molecule has 2 aliphatic rings. The summed E-state index contributed by atoms with van der Waals surface area (Å²) in [5.41, 5.74) is 2.75. The quantitative estimate of drug-likeness (QED) is 0.474.